The van der Waals surface area contributed by atoms with Crippen LogP contribution in [0.15, 0.2) is 12.7 Å². The summed E-state index contributed by atoms with van der Waals surface area (Å²) >= 11 is 0. The van der Waals surface area contributed by atoms with E-state index in [9.17, 15) is 4.79 Å². The van der Waals surface area contributed by atoms with Crippen LogP contribution in [0.25, 0.3) is 0 Å². The molecule has 0 aromatic heterocycles. The van der Waals surface area contributed by atoms with Crippen LogP contribution in [-0.2, 0) is 4.79 Å². The van der Waals surface area contributed by atoms with E-state index >= 15 is 0 Å². The van der Waals surface area contributed by atoms with Crippen molar-refractivity contribution in [3.8, 4) is 0 Å². The predicted molar refractivity (Wildman–Crippen MR) is 48.5 cm³/mol. The second-order valence-electron chi connectivity index (χ2n) is 4.09. The van der Waals surface area contributed by atoms with Crippen molar-refractivity contribution in [2.24, 2.45) is 5.41 Å². The summed E-state index contributed by atoms with van der Waals surface area (Å²) in [6.07, 6.45) is 3.86. The van der Waals surface area contributed by atoms with Gasteiger partial charge in [-0.1, -0.05) is 26.8 Å². The lowest BCUT2D eigenvalue weighted by atomic mass is 9.89. The zero-order valence-electron chi connectivity index (χ0n) is 7.81. The van der Waals surface area contributed by atoms with Crippen molar-refractivity contribution < 1.29 is 4.79 Å². The van der Waals surface area contributed by atoms with Crippen LogP contribution >= 0.6 is 0 Å². The van der Waals surface area contributed by atoms with Crippen LogP contribution in [0, 0.1) is 5.41 Å². The quantitative estimate of drug-likeness (QED) is 0.569. The molecule has 0 saturated heterocycles. The van der Waals surface area contributed by atoms with E-state index in [1.807, 2.05) is 0 Å². The standard InChI is InChI=1S/C10H18O/c1-5-6-9(11)7-8-10(2,3)4/h5H,1,6-8H2,2-4H3. The van der Waals surface area contributed by atoms with Crippen LogP contribution in [0.5, 0.6) is 0 Å². The van der Waals surface area contributed by atoms with E-state index in [-0.39, 0.29) is 5.41 Å². The van der Waals surface area contributed by atoms with Gasteiger partial charge in [-0.3, -0.25) is 4.79 Å². The summed E-state index contributed by atoms with van der Waals surface area (Å²) in [6, 6.07) is 0. The average Bonchev–Trinajstić information content (AvgIpc) is 1.83. The molecule has 0 aliphatic carbocycles. The van der Waals surface area contributed by atoms with E-state index in [1.54, 1.807) is 6.08 Å². The van der Waals surface area contributed by atoms with Crippen molar-refractivity contribution >= 4 is 5.78 Å². The highest BCUT2D eigenvalue weighted by Crippen LogP contribution is 2.20. The summed E-state index contributed by atoms with van der Waals surface area (Å²) in [4.78, 5) is 11.0. The summed E-state index contributed by atoms with van der Waals surface area (Å²) in [5.74, 6) is 0.301. The Hall–Kier alpha value is -0.590. The zero-order valence-corrected chi connectivity index (χ0v) is 7.81. The molecule has 0 aliphatic heterocycles. The van der Waals surface area contributed by atoms with Gasteiger partial charge in [0.25, 0.3) is 0 Å². The second kappa shape index (κ2) is 4.32. The smallest absolute Gasteiger partial charge is 0.136 e. The Morgan fingerprint density at radius 1 is 1.45 bits per heavy atom. The van der Waals surface area contributed by atoms with Crippen molar-refractivity contribution in [2.45, 2.75) is 40.0 Å². The normalized spacial score (nSPS) is 11.2. The second-order valence-corrected chi connectivity index (χ2v) is 4.09. The lowest BCUT2D eigenvalue weighted by Crippen LogP contribution is -2.08. The Balaban J connectivity index is 3.54. The number of carbonyl (C=O) groups excluding carboxylic acids is 1. The summed E-state index contributed by atoms with van der Waals surface area (Å²) < 4.78 is 0. The number of hydrogen-bond donors (Lipinski definition) is 0. The van der Waals surface area contributed by atoms with Crippen LogP contribution in [0.2, 0.25) is 0 Å². The number of Topliss-reactive ketones (excluding diaryl/α,β-unsaturated/α-hetero) is 1. The molecule has 11 heavy (non-hydrogen) atoms. The Morgan fingerprint density at radius 2 is 2.00 bits per heavy atom. The molecular weight excluding hydrogens is 136 g/mol. The monoisotopic (exact) mass is 154 g/mol. The molecule has 64 valence electrons. The summed E-state index contributed by atoms with van der Waals surface area (Å²) in [5, 5.41) is 0. The van der Waals surface area contributed by atoms with Crippen molar-refractivity contribution in [3.05, 3.63) is 12.7 Å². The first kappa shape index (κ1) is 10.4. The SMILES string of the molecule is C=CCC(=O)CCC(C)(C)C. The molecule has 0 N–H and O–H groups in total. The van der Waals surface area contributed by atoms with Crippen LogP contribution in [0.3, 0.4) is 0 Å². The van der Waals surface area contributed by atoms with Gasteiger partial charge in [-0.05, 0) is 11.8 Å². The Morgan fingerprint density at radius 3 is 2.36 bits per heavy atom. The molecule has 0 aromatic carbocycles. The Labute approximate surface area is 69.5 Å². The minimum Gasteiger partial charge on any atom is -0.299 e. The van der Waals surface area contributed by atoms with E-state index in [0.29, 0.717) is 18.6 Å². The molecule has 1 heteroatoms. The van der Waals surface area contributed by atoms with Crippen LogP contribution in [0.4, 0.5) is 0 Å². The number of ketones is 1. The summed E-state index contributed by atoms with van der Waals surface area (Å²) in [6.45, 7) is 9.97. The lowest BCUT2D eigenvalue weighted by molar-refractivity contribution is -0.118. The van der Waals surface area contributed by atoms with Gasteiger partial charge in [0.05, 0.1) is 0 Å². The largest absolute Gasteiger partial charge is 0.299 e. The minimum absolute atomic E-state index is 0.275. The topological polar surface area (TPSA) is 17.1 Å². The van der Waals surface area contributed by atoms with Gasteiger partial charge in [-0.2, -0.15) is 0 Å². The molecule has 1 nitrogen and oxygen atoms in total. The fourth-order valence-electron chi connectivity index (χ4n) is 0.777. The van der Waals surface area contributed by atoms with Gasteiger partial charge in [0, 0.05) is 12.8 Å². The maximum absolute atomic E-state index is 11.0. The highest BCUT2D eigenvalue weighted by molar-refractivity contribution is 5.79. The molecule has 0 aromatic rings. The number of rotatable bonds is 4. The first-order chi connectivity index (χ1) is 4.95. The maximum atomic E-state index is 11.0. The Kier molecular flexibility index (Phi) is 4.09. The van der Waals surface area contributed by atoms with Crippen molar-refractivity contribution in [2.75, 3.05) is 0 Å². The van der Waals surface area contributed by atoms with Crippen LogP contribution in [-0.4, -0.2) is 5.78 Å². The van der Waals surface area contributed by atoms with Gasteiger partial charge in [-0.15, -0.1) is 6.58 Å². The van der Waals surface area contributed by atoms with Gasteiger partial charge in [-0.25, -0.2) is 0 Å². The molecule has 0 fully saturated rings. The fraction of sp³-hybridized carbons (Fsp3) is 0.700. The fourth-order valence-corrected chi connectivity index (χ4v) is 0.777. The van der Waals surface area contributed by atoms with Crippen LogP contribution in [0.1, 0.15) is 40.0 Å². The van der Waals surface area contributed by atoms with Crippen molar-refractivity contribution in [1.82, 2.24) is 0 Å². The van der Waals surface area contributed by atoms with Crippen molar-refractivity contribution in [1.29, 1.82) is 0 Å². The molecule has 0 saturated carbocycles. The first-order valence-corrected chi connectivity index (χ1v) is 4.08. The third-order valence-electron chi connectivity index (χ3n) is 1.53. The minimum atomic E-state index is 0.275. The predicted octanol–water partition coefficient (Wildman–Crippen LogP) is 2.96. The molecule has 0 atom stereocenters. The van der Waals surface area contributed by atoms with Crippen LogP contribution < -0.4 is 0 Å². The zero-order chi connectivity index (χ0) is 8.91. The van der Waals surface area contributed by atoms with Gasteiger partial charge in [0.1, 0.15) is 5.78 Å². The average molecular weight is 154 g/mol. The highest BCUT2D eigenvalue weighted by atomic mass is 16.1. The molecule has 0 aliphatic rings. The molecule has 0 spiro atoms. The van der Waals surface area contributed by atoms with Gasteiger partial charge >= 0.3 is 0 Å². The molecule has 0 heterocycles. The van der Waals surface area contributed by atoms with E-state index in [1.165, 1.54) is 0 Å². The van der Waals surface area contributed by atoms with Gasteiger partial charge in [0.2, 0.25) is 0 Å². The molecular formula is C10H18O. The van der Waals surface area contributed by atoms with E-state index in [0.717, 1.165) is 6.42 Å². The number of carbonyl (C=O) groups is 1. The number of hydrogen-bond acceptors (Lipinski definition) is 1. The third kappa shape index (κ3) is 7.31. The molecule has 0 bridgehead atoms. The summed E-state index contributed by atoms with van der Waals surface area (Å²) in [7, 11) is 0. The molecule has 0 unspecified atom stereocenters. The molecule has 0 amide bonds. The number of allylic oxidation sites excluding steroid dienone is 1. The van der Waals surface area contributed by atoms with Crippen molar-refractivity contribution in [3.63, 3.8) is 0 Å². The van der Waals surface area contributed by atoms with E-state index in [2.05, 4.69) is 27.4 Å². The maximum Gasteiger partial charge on any atom is 0.136 e. The van der Waals surface area contributed by atoms with Gasteiger partial charge < -0.3 is 0 Å². The highest BCUT2D eigenvalue weighted by Gasteiger charge is 2.11. The van der Waals surface area contributed by atoms with E-state index in [4.69, 9.17) is 0 Å². The van der Waals surface area contributed by atoms with Gasteiger partial charge in [0.15, 0.2) is 0 Å². The van der Waals surface area contributed by atoms with E-state index < -0.39 is 0 Å². The summed E-state index contributed by atoms with van der Waals surface area (Å²) in [5.41, 5.74) is 0.275. The molecule has 0 rings (SSSR count). The molecule has 0 radical (unpaired) electrons. The lowest BCUT2D eigenvalue weighted by Gasteiger charge is -2.16. The first-order valence-electron chi connectivity index (χ1n) is 4.08. The third-order valence-corrected chi connectivity index (χ3v) is 1.53. The Bertz CT molecular complexity index is 139.